The second-order valence-electron chi connectivity index (χ2n) is 5.07. The maximum absolute atomic E-state index is 10.8. The van der Waals surface area contributed by atoms with E-state index in [0.717, 1.165) is 22.1 Å². The van der Waals surface area contributed by atoms with Crippen LogP contribution >= 0.6 is 27.7 Å². The van der Waals surface area contributed by atoms with E-state index < -0.39 is 5.97 Å². The van der Waals surface area contributed by atoms with E-state index in [4.69, 9.17) is 5.11 Å². The highest BCUT2D eigenvalue weighted by Gasteiger charge is 2.21. The van der Waals surface area contributed by atoms with E-state index in [1.54, 1.807) is 6.20 Å². The van der Waals surface area contributed by atoms with Gasteiger partial charge in [0.25, 0.3) is 0 Å². The second kappa shape index (κ2) is 6.79. The largest absolute Gasteiger partial charge is 0.481 e. The van der Waals surface area contributed by atoms with Crippen LogP contribution in [0.5, 0.6) is 0 Å². The third-order valence-corrected chi connectivity index (χ3v) is 5.03. The third-order valence-electron chi connectivity index (χ3n) is 3.66. The highest BCUT2D eigenvalue weighted by Crippen LogP contribution is 2.32. The van der Waals surface area contributed by atoms with Gasteiger partial charge in [0, 0.05) is 16.7 Å². The Kier molecular flexibility index (Phi) is 5.27. The zero-order valence-electron chi connectivity index (χ0n) is 12.2. The maximum atomic E-state index is 10.8. The quantitative estimate of drug-likeness (QED) is 0.777. The van der Waals surface area contributed by atoms with Crippen molar-refractivity contribution in [2.24, 2.45) is 5.92 Å². The van der Waals surface area contributed by atoms with E-state index in [-0.39, 0.29) is 11.8 Å². The molecule has 0 aliphatic rings. The fourth-order valence-electron chi connectivity index (χ4n) is 2.13. The number of carboxylic acids is 1. The molecule has 2 rings (SSSR count). The molecule has 0 aromatic carbocycles. The molecule has 114 valence electrons. The number of nitrogens with zero attached hydrogens (tertiary/aromatic N) is 3. The van der Waals surface area contributed by atoms with Gasteiger partial charge >= 0.3 is 5.97 Å². The Hall–Kier alpha value is -1.08. The van der Waals surface area contributed by atoms with Crippen molar-refractivity contribution in [3.8, 4) is 0 Å². The number of fused-ring (bicyclic) bond motifs is 1. The summed E-state index contributed by atoms with van der Waals surface area (Å²) in [5.41, 5.74) is 1.59. The van der Waals surface area contributed by atoms with Crippen LogP contribution in [0, 0.1) is 5.92 Å². The van der Waals surface area contributed by atoms with Crippen LogP contribution in [-0.4, -0.2) is 31.4 Å². The minimum Gasteiger partial charge on any atom is -0.481 e. The number of pyridine rings is 1. The van der Waals surface area contributed by atoms with Crippen LogP contribution in [-0.2, 0) is 4.79 Å². The van der Waals surface area contributed by atoms with Crippen molar-refractivity contribution in [2.75, 3.05) is 5.75 Å². The van der Waals surface area contributed by atoms with Crippen LogP contribution in [0.3, 0.4) is 0 Å². The summed E-state index contributed by atoms with van der Waals surface area (Å²) >= 11 is 4.64. The molecule has 0 spiro atoms. The Labute approximate surface area is 136 Å². The lowest BCUT2D eigenvalue weighted by atomic mass is 10.0. The molecule has 5 nitrogen and oxygen atoms in total. The predicted molar refractivity (Wildman–Crippen MR) is 87.8 cm³/mol. The lowest BCUT2D eigenvalue weighted by molar-refractivity contribution is -0.133. The van der Waals surface area contributed by atoms with Crippen molar-refractivity contribution in [3.05, 3.63) is 16.7 Å². The molecule has 2 aromatic heterocycles. The summed E-state index contributed by atoms with van der Waals surface area (Å²) in [6, 6.07) is 2.12. The molecule has 2 heterocycles. The monoisotopic (exact) mass is 371 g/mol. The number of halogens is 1. The van der Waals surface area contributed by atoms with Gasteiger partial charge in [0.1, 0.15) is 5.52 Å². The minimum absolute atomic E-state index is 0.00226. The summed E-state index contributed by atoms with van der Waals surface area (Å²) in [7, 11) is 0. The normalized spacial score (nSPS) is 14.3. The zero-order valence-corrected chi connectivity index (χ0v) is 14.6. The minimum atomic E-state index is -0.844. The first-order valence-electron chi connectivity index (χ1n) is 6.82. The fourth-order valence-corrected chi connectivity index (χ4v) is 3.25. The van der Waals surface area contributed by atoms with Gasteiger partial charge in [-0.25, -0.2) is 9.97 Å². The number of hydrogen-bond acceptors (Lipinski definition) is 4. The van der Waals surface area contributed by atoms with Crippen LogP contribution in [0.25, 0.3) is 11.2 Å². The molecule has 0 amide bonds. The number of rotatable bonds is 6. The number of aliphatic carboxylic acids is 1. The lowest BCUT2D eigenvalue weighted by Crippen LogP contribution is -2.15. The maximum Gasteiger partial charge on any atom is 0.313 e. The van der Waals surface area contributed by atoms with Gasteiger partial charge in [-0.3, -0.25) is 4.79 Å². The number of aromatic nitrogens is 3. The molecule has 0 bridgehead atoms. The van der Waals surface area contributed by atoms with Gasteiger partial charge in [-0.2, -0.15) is 0 Å². The number of imidazole rings is 1. The zero-order chi connectivity index (χ0) is 15.6. The Morgan fingerprint density at radius 1 is 1.52 bits per heavy atom. The van der Waals surface area contributed by atoms with Gasteiger partial charge in [0.05, 0.1) is 5.75 Å². The summed E-state index contributed by atoms with van der Waals surface area (Å²) < 4.78 is 2.93. The molecule has 0 saturated heterocycles. The standard InChI is InChI=1S/C14H18BrN3O2S/c1-4-8(2)9(3)18-13-11(5-10(15)6-16-13)17-14(18)21-7-12(19)20/h5-6,8-9H,4,7H2,1-3H3,(H,19,20). The number of carbonyl (C=O) groups is 1. The van der Waals surface area contributed by atoms with Crippen LogP contribution in [0.15, 0.2) is 21.9 Å². The molecule has 0 aliphatic carbocycles. The highest BCUT2D eigenvalue weighted by molar-refractivity contribution is 9.10. The average molecular weight is 372 g/mol. The molecule has 0 aliphatic heterocycles. The van der Waals surface area contributed by atoms with Crippen molar-refractivity contribution >= 4 is 44.8 Å². The van der Waals surface area contributed by atoms with Gasteiger partial charge < -0.3 is 9.67 Å². The van der Waals surface area contributed by atoms with Crippen molar-refractivity contribution in [1.29, 1.82) is 0 Å². The molecule has 2 unspecified atom stereocenters. The Balaban J connectivity index is 2.51. The van der Waals surface area contributed by atoms with E-state index in [0.29, 0.717) is 11.1 Å². The topological polar surface area (TPSA) is 68.0 Å². The first kappa shape index (κ1) is 16.3. The SMILES string of the molecule is CCC(C)C(C)n1c(SCC(=O)O)nc2cc(Br)cnc21. The number of thioether (sulfide) groups is 1. The van der Waals surface area contributed by atoms with Gasteiger partial charge in [-0.15, -0.1) is 0 Å². The lowest BCUT2D eigenvalue weighted by Gasteiger charge is -2.22. The van der Waals surface area contributed by atoms with Gasteiger partial charge in [0.15, 0.2) is 10.8 Å². The van der Waals surface area contributed by atoms with E-state index in [1.807, 2.05) is 6.07 Å². The Bertz CT molecular complexity index is 659. The van der Waals surface area contributed by atoms with Crippen LogP contribution in [0.1, 0.15) is 33.2 Å². The second-order valence-corrected chi connectivity index (χ2v) is 6.93. The van der Waals surface area contributed by atoms with E-state index in [9.17, 15) is 4.79 Å². The van der Waals surface area contributed by atoms with Crippen LogP contribution in [0.4, 0.5) is 0 Å². The van der Waals surface area contributed by atoms with E-state index in [2.05, 4.69) is 51.2 Å². The third kappa shape index (κ3) is 3.58. The summed E-state index contributed by atoms with van der Waals surface area (Å²) in [4.78, 5) is 19.8. The van der Waals surface area contributed by atoms with E-state index >= 15 is 0 Å². The molecular weight excluding hydrogens is 354 g/mol. The molecule has 0 radical (unpaired) electrons. The molecule has 2 atom stereocenters. The molecule has 7 heteroatoms. The average Bonchev–Trinajstić information content (AvgIpc) is 2.80. The molecule has 1 N–H and O–H groups in total. The Morgan fingerprint density at radius 2 is 2.24 bits per heavy atom. The Morgan fingerprint density at radius 3 is 2.86 bits per heavy atom. The smallest absolute Gasteiger partial charge is 0.313 e. The van der Waals surface area contributed by atoms with E-state index in [1.165, 1.54) is 11.8 Å². The van der Waals surface area contributed by atoms with Crippen molar-refractivity contribution in [2.45, 2.75) is 38.4 Å². The summed E-state index contributed by atoms with van der Waals surface area (Å²) in [6.07, 6.45) is 2.79. The van der Waals surface area contributed by atoms with Gasteiger partial charge in [-0.05, 0) is 34.8 Å². The van der Waals surface area contributed by atoms with Crippen molar-refractivity contribution in [3.63, 3.8) is 0 Å². The fraction of sp³-hybridized carbons (Fsp3) is 0.500. The van der Waals surface area contributed by atoms with Gasteiger partial charge in [0.2, 0.25) is 0 Å². The summed E-state index contributed by atoms with van der Waals surface area (Å²) in [6.45, 7) is 6.46. The van der Waals surface area contributed by atoms with Crippen LogP contribution < -0.4 is 0 Å². The molecular formula is C14H18BrN3O2S. The molecule has 2 aromatic rings. The van der Waals surface area contributed by atoms with Gasteiger partial charge in [-0.1, -0.05) is 32.0 Å². The number of carboxylic acid groups (broad SMARTS) is 1. The predicted octanol–water partition coefficient (Wildman–Crippen LogP) is 3.98. The van der Waals surface area contributed by atoms with Crippen molar-refractivity contribution < 1.29 is 9.90 Å². The summed E-state index contributed by atoms with van der Waals surface area (Å²) in [5.74, 6) is -0.390. The number of hydrogen-bond donors (Lipinski definition) is 1. The molecule has 0 saturated carbocycles. The molecule has 21 heavy (non-hydrogen) atoms. The van der Waals surface area contributed by atoms with Crippen molar-refractivity contribution in [1.82, 2.24) is 14.5 Å². The first-order valence-corrected chi connectivity index (χ1v) is 8.60. The summed E-state index contributed by atoms with van der Waals surface area (Å²) in [5, 5.41) is 9.61. The van der Waals surface area contributed by atoms with Crippen LogP contribution in [0.2, 0.25) is 0 Å². The highest BCUT2D eigenvalue weighted by atomic mass is 79.9. The first-order chi connectivity index (χ1) is 9.93. The molecule has 0 fully saturated rings.